The Morgan fingerprint density at radius 2 is 1.69 bits per heavy atom. The smallest absolute Gasteiger partial charge is 0.416 e. The second-order valence-corrected chi connectivity index (χ2v) is 7.25. The lowest BCUT2D eigenvalue weighted by molar-refractivity contribution is -0.145. The molecule has 150 valence electrons. The molecule has 0 radical (unpaired) electrons. The van der Waals surface area contributed by atoms with Crippen LogP contribution >= 0.6 is 15.9 Å². The van der Waals surface area contributed by atoms with E-state index in [4.69, 9.17) is 4.74 Å². The summed E-state index contributed by atoms with van der Waals surface area (Å²) >= 11 is 3.41. The quantitative estimate of drug-likeness (QED) is 0.412. The van der Waals surface area contributed by atoms with E-state index < -0.39 is 23.6 Å². The van der Waals surface area contributed by atoms with E-state index in [9.17, 15) is 18.0 Å². The van der Waals surface area contributed by atoms with Crippen LogP contribution in [-0.4, -0.2) is 11.0 Å². The van der Waals surface area contributed by atoms with Gasteiger partial charge in [0.1, 0.15) is 6.61 Å². The summed E-state index contributed by atoms with van der Waals surface area (Å²) in [5.41, 5.74) is 1.22. The molecule has 1 atom stereocenters. The van der Waals surface area contributed by atoms with E-state index in [1.807, 2.05) is 30.3 Å². The molecule has 3 aromatic rings. The number of rotatable bonds is 6. The first kappa shape index (κ1) is 21.0. The van der Waals surface area contributed by atoms with Gasteiger partial charge in [-0.3, -0.25) is 9.78 Å². The van der Waals surface area contributed by atoms with Gasteiger partial charge in [0.2, 0.25) is 0 Å². The molecule has 29 heavy (non-hydrogen) atoms. The van der Waals surface area contributed by atoms with Gasteiger partial charge in [0.25, 0.3) is 0 Å². The van der Waals surface area contributed by atoms with Crippen molar-refractivity contribution in [1.82, 2.24) is 4.98 Å². The Hall–Kier alpha value is -2.67. The molecule has 0 fully saturated rings. The third-order valence-electron chi connectivity index (χ3n) is 4.37. The molecular formula is C22H17BrF3NO2. The van der Waals surface area contributed by atoms with Gasteiger partial charge >= 0.3 is 12.1 Å². The van der Waals surface area contributed by atoms with Gasteiger partial charge in [-0.15, -0.1) is 0 Å². The highest BCUT2D eigenvalue weighted by Gasteiger charge is 2.31. The van der Waals surface area contributed by atoms with Gasteiger partial charge in [-0.05, 0) is 51.3 Å². The summed E-state index contributed by atoms with van der Waals surface area (Å²) in [5.74, 6) is -1.01. The van der Waals surface area contributed by atoms with Crippen molar-refractivity contribution in [3.8, 4) is 0 Å². The molecule has 0 bridgehead atoms. The van der Waals surface area contributed by atoms with Crippen LogP contribution in [0.25, 0.3) is 0 Å². The van der Waals surface area contributed by atoms with Crippen molar-refractivity contribution in [3.63, 3.8) is 0 Å². The minimum atomic E-state index is -4.42. The first-order valence-corrected chi connectivity index (χ1v) is 9.61. The number of esters is 1. The molecule has 0 N–H and O–H groups in total. The Labute approximate surface area is 174 Å². The molecule has 0 unspecified atom stereocenters. The number of ether oxygens (including phenoxy) is 1. The van der Waals surface area contributed by atoms with Crippen LogP contribution in [0.5, 0.6) is 0 Å². The standard InChI is InChI=1S/C22H17BrF3NO2/c23-19-7-4-12-27-21(19)18(16-8-10-17(11-9-16)22(24,25)26)13-20(28)29-14-15-5-2-1-3-6-15/h1-12,18H,13-14H2/t18-/m0/s1. The van der Waals surface area contributed by atoms with Gasteiger partial charge in [0.15, 0.2) is 0 Å². The van der Waals surface area contributed by atoms with Crippen molar-refractivity contribution in [2.24, 2.45) is 0 Å². The maximum atomic E-state index is 12.9. The first-order chi connectivity index (χ1) is 13.8. The van der Waals surface area contributed by atoms with Gasteiger partial charge in [-0.1, -0.05) is 42.5 Å². The highest BCUT2D eigenvalue weighted by atomic mass is 79.9. The van der Waals surface area contributed by atoms with Gasteiger partial charge in [0, 0.05) is 16.6 Å². The summed E-state index contributed by atoms with van der Waals surface area (Å²) < 4.78 is 44.7. The molecule has 7 heteroatoms. The number of hydrogen-bond donors (Lipinski definition) is 0. The van der Waals surface area contributed by atoms with E-state index in [0.29, 0.717) is 15.7 Å². The normalized spacial score (nSPS) is 12.4. The van der Waals surface area contributed by atoms with Gasteiger partial charge in [-0.25, -0.2) is 0 Å². The van der Waals surface area contributed by atoms with Crippen molar-refractivity contribution in [2.75, 3.05) is 0 Å². The number of aromatic nitrogens is 1. The molecule has 3 rings (SSSR count). The molecule has 2 aromatic carbocycles. The minimum absolute atomic E-state index is 0.0478. The van der Waals surface area contributed by atoms with Gasteiger partial charge in [0.05, 0.1) is 17.7 Å². The van der Waals surface area contributed by atoms with Crippen molar-refractivity contribution in [1.29, 1.82) is 0 Å². The van der Waals surface area contributed by atoms with Crippen molar-refractivity contribution in [3.05, 3.63) is 99.8 Å². The summed E-state index contributed by atoms with van der Waals surface area (Å²) in [5, 5.41) is 0. The van der Waals surface area contributed by atoms with E-state index in [1.165, 1.54) is 12.1 Å². The largest absolute Gasteiger partial charge is 0.461 e. The lowest BCUT2D eigenvalue weighted by Crippen LogP contribution is -2.14. The van der Waals surface area contributed by atoms with Crippen LogP contribution in [0, 0.1) is 0 Å². The predicted molar refractivity (Wildman–Crippen MR) is 106 cm³/mol. The maximum Gasteiger partial charge on any atom is 0.416 e. The fraction of sp³-hybridized carbons (Fsp3) is 0.182. The third kappa shape index (κ3) is 5.67. The second-order valence-electron chi connectivity index (χ2n) is 6.39. The zero-order chi connectivity index (χ0) is 20.9. The molecular weight excluding hydrogens is 447 g/mol. The highest BCUT2D eigenvalue weighted by molar-refractivity contribution is 9.10. The Bertz CT molecular complexity index is 960. The van der Waals surface area contributed by atoms with Crippen LogP contribution in [0.1, 0.15) is 34.7 Å². The molecule has 0 aliphatic carbocycles. The fourth-order valence-corrected chi connectivity index (χ4v) is 3.43. The zero-order valence-electron chi connectivity index (χ0n) is 15.2. The zero-order valence-corrected chi connectivity index (χ0v) is 16.8. The van der Waals surface area contributed by atoms with Crippen molar-refractivity contribution < 1.29 is 22.7 Å². The van der Waals surface area contributed by atoms with Crippen molar-refractivity contribution in [2.45, 2.75) is 25.1 Å². The van der Waals surface area contributed by atoms with E-state index in [0.717, 1.165) is 17.7 Å². The number of benzene rings is 2. The number of carbonyl (C=O) groups is 1. The third-order valence-corrected chi connectivity index (χ3v) is 5.04. The minimum Gasteiger partial charge on any atom is -0.461 e. The molecule has 1 heterocycles. The average Bonchev–Trinajstić information content (AvgIpc) is 2.71. The summed E-state index contributed by atoms with van der Waals surface area (Å²) in [4.78, 5) is 16.8. The van der Waals surface area contributed by atoms with E-state index in [-0.39, 0.29) is 13.0 Å². The highest BCUT2D eigenvalue weighted by Crippen LogP contribution is 2.34. The lowest BCUT2D eigenvalue weighted by atomic mass is 9.91. The average molecular weight is 464 g/mol. The van der Waals surface area contributed by atoms with Crippen molar-refractivity contribution >= 4 is 21.9 Å². The number of carbonyl (C=O) groups excluding carboxylic acids is 1. The van der Waals surface area contributed by atoms with E-state index >= 15 is 0 Å². The second kappa shape index (κ2) is 9.22. The Morgan fingerprint density at radius 1 is 1.00 bits per heavy atom. The number of alkyl halides is 3. The Morgan fingerprint density at radius 3 is 2.31 bits per heavy atom. The van der Waals surface area contributed by atoms with Crippen LogP contribution in [-0.2, 0) is 22.3 Å². The van der Waals surface area contributed by atoms with Crippen LogP contribution in [0.2, 0.25) is 0 Å². The Balaban J connectivity index is 1.82. The summed E-state index contributed by atoms with van der Waals surface area (Å²) in [6.07, 6.45) is -2.89. The molecule has 0 saturated heterocycles. The molecule has 0 saturated carbocycles. The monoisotopic (exact) mass is 463 g/mol. The maximum absolute atomic E-state index is 12.9. The first-order valence-electron chi connectivity index (χ1n) is 8.81. The Kier molecular flexibility index (Phi) is 6.69. The molecule has 0 aliphatic heterocycles. The number of pyridine rings is 1. The molecule has 0 amide bonds. The number of nitrogens with zero attached hydrogens (tertiary/aromatic N) is 1. The molecule has 0 aliphatic rings. The molecule has 1 aromatic heterocycles. The number of halogens is 4. The van der Waals surface area contributed by atoms with Crippen LogP contribution in [0.4, 0.5) is 13.2 Å². The van der Waals surface area contributed by atoms with Crippen LogP contribution in [0.3, 0.4) is 0 Å². The summed E-state index contributed by atoms with van der Waals surface area (Å²) in [6.45, 7) is 0.128. The van der Waals surface area contributed by atoms with Gasteiger partial charge < -0.3 is 4.74 Å². The van der Waals surface area contributed by atoms with E-state index in [1.54, 1.807) is 18.3 Å². The van der Waals surface area contributed by atoms with Crippen LogP contribution in [0.15, 0.2) is 77.4 Å². The topological polar surface area (TPSA) is 39.2 Å². The molecule has 3 nitrogen and oxygen atoms in total. The SMILES string of the molecule is O=C(C[C@@H](c1ccc(C(F)(F)F)cc1)c1ncccc1Br)OCc1ccccc1. The summed E-state index contributed by atoms with van der Waals surface area (Å²) in [6, 6.07) is 17.5. The summed E-state index contributed by atoms with van der Waals surface area (Å²) in [7, 11) is 0. The lowest BCUT2D eigenvalue weighted by Gasteiger charge is -2.18. The predicted octanol–water partition coefficient (Wildman–Crippen LogP) is 6.13. The van der Waals surface area contributed by atoms with Gasteiger partial charge in [-0.2, -0.15) is 13.2 Å². The van der Waals surface area contributed by atoms with Crippen LogP contribution < -0.4 is 0 Å². The molecule has 0 spiro atoms. The van der Waals surface area contributed by atoms with E-state index in [2.05, 4.69) is 20.9 Å². The fourth-order valence-electron chi connectivity index (χ4n) is 2.89. The number of hydrogen-bond acceptors (Lipinski definition) is 3.